The number of nitrogens with zero attached hydrogens (tertiary/aromatic N) is 2. The summed E-state index contributed by atoms with van der Waals surface area (Å²) in [5.41, 5.74) is 2.91. The molecule has 0 bridgehead atoms. The fourth-order valence-electron chi connectivity index (χ4n) is 3.72. The Balaban J connectivity index is 1.25. The first-order valence-corrected chi connectivity index (χ1v) is 10.9. The lowest BCUT2D eigenvalue weighted by Crippen LogP contribution is -2.35. The van der Waals surface area contributed by atoms with Gasteiger partial charge >= 0.3 is 0 Å². The molecule has 0 spiro atoms. The van der Waals surface area contributed by atoms with E-state index in [0.717, 1.165) is 43.4 Å². The van der Waals surface area contributed by atoms with Crippen LogP contribution >= 0.6 is 11.6 Å². The molecule has 3 aromatic rings. The van der Waals surface area contributed by atoms with Crippen LogP contribution in [0.1, 0.15) is 24.0 Å². The molecule has 6 nitrogen and oxygen atoms in total. The normalized spacial score (nSPS) is 15.2. The number of hydrogen-bond acceptors (Lipinski definition) is 5. The standard InChI is InChI=1S/C24H26ClN3O3/c25-21-7-8-22(24-20(21)2-1-11-26-24)31-16-23(30)27-14-17-3-5-18(6-4-17)15-28-12-9-19(29)10-13-28/h1-8,11,19,29H,9-10,12-16H2,(H,27,30). The van der Waals surface area contributed by atoms with Gasteiger partial charge in [-0.15, -0.1) is 0 Å². The van der Waals surface area contributed by atoms with E-state index in [1.165, 1.54) is 5.56 Å². The Bertz CT molecular complexity index is 1030. The van der Waals surface area contributed by atoms with Crippen LogP contribution in [-0.4, -0.2) is 46.7 Å². The van der Waals surface area contributed by atoms with Crippen molar-refractivity contribution < 1.29 is 14.6 Å². The molecule has 1 amide bonds. The average Bonchev–Trinajstić information content (AvgIpc) is 2.80. The zero-order valence-corrected chi connectivity index (χ0v) is 18.0. The van der Waals surface area contributed by atoms with Crippen LogP contribution in [0.25, 0.3) is 10.9 Å². The van der Waals surface area contributed by atoms with Crippen molar-refractivity contribution in [2.45, 2.75) is 32.0 Å². The number of hydrogen-bond donors (Lipinski definition) is 2. The summed E-state index contributed by atoms with van der Waals surface area (Å²) < 4.78 is 5.68. The number of nitrogens with one attached hydrogen (secondary N) is 1. The Morgan fingerprint density at radius 2 is 1.87 bits per heavy atom. The van der Waals surface area contributed by atoms with Crippen molar-refractivity contribution in [3.8, 4) is 5.75 Å². The van der Waals surface area contributed by atoms with Crippen LogP contribution in [0.15, 0.2) is 54.7 Å². The largest absolute Gasteiger partial charge is 0.481 e. The number of rotatable bonds is 7. The smallest absolute Gasteiger partial charge is 0.258 e. The number of carbonyl (C=O) groups excluding carboxylic acids is 1. The number of aliphatic hydroxyl groups is 1. The van der Waals surface area contributed by atoms with E-state index in [-0.39, 0.29) is 18.6 Å². The second kappa shape index (κ2) is 10.1. The number of likely N-dealkylation sites (tertiary alicyclic amines) is 1. The van der Waals surface area contributed by atoms with E-state index in [1.54, 1.807) is 18.3 Å². The van der Waals surface area contributed by atoms with Crippen LogP contribution in [0.3, 0.4) is 0 Å². The van der Waals surface area contributed by atoms with E-state index >= 15 is 0 Å². The number of carbonyl (C=O) groups is 1. The van der Waals surface area contributed by atoms with E-state index in [4.69, 9.17) is 16.3 Å². The molecule has 1 saturated heterocycles. The van der Waals surface area contributed by atoms with Crippen molar-refractivity contribution in [2.24, 2.45) is 0 Å². The Morgan fingerprint density at radius 1 is 1.13 bits per heavy atom. The summed E-state index contributed by atoms with van der Waals surface area (Å²) in [6.07, 6.45) is 3.20. The molecule has 0 aliphatic carbocycles. The lowest BCUT2D eigenvalue weighted by atomic mass is 10.1. The maximum absolute atomic E-state index is 12.2. The highest BCUT2D eigenvalue weighted by atomic mass is 35.5. The molecule has 1 aromatic heterocycles. The van der Waals surface area contributed by atoms with Crippen LogP contribution in [0, 0.1) is 0 Å². The van der Waals surface area contributed by atoms with E-state index < -0.39 is 0 Å². The molecular weight excluding hydrogens is 414 g/mol. The quantitative estimate of drug-likeness (QED) is 0.589. The van der Waals surface area contributed by atoms with Gasteiger partial charge in [0.2, 0.25) is 0 Å². The number of benzene rings is 2. The maximum Gasteiger partial charge on any atom is 0.258 e. The van der Waals surface area contributed by atoms with Gasteiger partial charge in [0.1, 0.15) is 11.3 Å². The third-order valence-corrected chi connectivity index (χ3v) is 5.84. The summed E-state index contributed by atoms with van der Waals surface area (Å²) in [5.74, 6) is 0.333. The molecule has 2 aromatic carbocycles. The topological polar surface area (TPSA) is 74.7 Å². The molecule has 31 heavy (non-hydrogen) atoms. The number of aromatic nitrogens is 1. The summed E-state index contributed by atoms with van der Waals surface area (Å²) in [6, 6.07) is 15.4. The molecular formula is C24H26ClN3O3. The molecule has 2 heterocycles. The SMILES string of the molecule is O=C(COc1ccc(Cl)c2cccnc12)NCc1ccc(CN2CCC(O)CC2)cc1. The molecule has 7 heteroatoms. The van der Waals surface area contributed by atoms with Crippen molar-refractivity contribution >= 4 is 28.4 Å². The lowest BCUT2D eigenvalue weighted by molar-refractivity contribution is -0.123. The van der Waals surface area contributed by atoms with Gasteiger partial charge in [-0.05, 0) is 48.2 Å². The summed E-state index contributed by atoms with van der Waals surface area (Å²) in [6.45, 7) is 3.09. The third-order valence-electron chi connectivity index (χ3n) is 5.51. The van der Waals surface area contributed by atoms with Crippen LogP contribution in [0.4, 0.5) is 0 Å². The monoisotopic (exact) mass is 439 g/mol. The van der Waals surface area contributed by atoms with Crippen LogP contribution in [0.2, 0.25) is 5.02 Å². The molecule has 0 atom stereocenters. The number of halogens is 1. The number of aliphatic hydroxyl groups excluding tert-OH is 1. The lowest BCUT2D eigenvalue weighted by Gasteiger charge is -2.29. The zero-order valence-electron chi connectivity index (χ0n) is 17.3. The van der Waals surface area contributed by atoms with E-state index in [2.05, 4.69) is 27.3 Å². The Labute approximate surface area is 186 Å². The highest BCUT2D eigenvalue weighted by Gasteiger charge is 2.16. The third kappa shape index (κ3) is 5.73. The molecule has 1 aliphatic rings. The fraction of sp³-hybridized carbons (Fsp3) is 0.333. The van der Waals surface area contributed by atoms with Crippen molar-refractivity contribution in [3.63, 3.8) is 0 Å². The molecule has 162 valence electrons. The van der Waals surface area contributed by atoms with Crippen LogP contribution in [0.5, 0.6) is 5.75 Å². The van der Waals surface area contributed by atoms with E-state index in [1.807, 2.05) is 24.3 Å². The van der Waals surface area contributed by atoms with Crippen molar-refractivity contribution in [3.05, 3.63) is 70.9 Å². The molecule has 2 N–H and O–H groups in total. The minimum Gasteiger partial charge on any atom is -0.481 e. The molecule has 1 fully saturated rings. The Hall–Kier alpha value is -2.67. The predicted octanol–water partition coefficient (Wildman–Crippen LogP) is 3.54. The van der Waals surface area contributed by atoms with Gasteiger partial charge in [-0.3, -0.25) is 14.7 Å². The molecule has 0 radical (unpaired) electrons. The number of fused-ring (bicyclic) bond motifs is 1. The van der Waals surface area contributed by atoms with Gasteiger partial charge in [0.25, 0.3) is 5.91 Å². The first-order valence-electron chi connectivity index (χ1n) is 10.5. The first kappa shape index (κ1) is 21.6. The van der Waals surface area contributed by atoms with Gasteiger partial charge in [-0.1, -0.05) is 35.9 Å². The summed E-state index contributed by atoms with van der Waals surface area (Å²) in [4.78, 5) is 18.9. The molecule has 1 aliphatic heterocycles. The van der Waals surface area contributed by atoms with Gasteiger partial charge in [0.15, 0.2) is 6.61 Å². The van der Waals surface area contributed by atoms with E-state index in [0.29, 0.717) is 22.8 Å². The molecule has 0 unspecified atom stereocenters. The highest BCUT2D eigenvalue weighted by molar-refractivity contribution is 6.35. The summed E-state index contributed by atoms with van der Waals surface area (Å²) >= 11 is 6.19. The number of piperidine rings is 1. The number of amides is 1. The van der Waals surface area contributed by atoms with Gasteiger partial charge in [0, 0.05) is 37.8 Å². The van der Waals surface area contributed by atoms with Gasteiger partial charge in [-0.2, -0.15) is 0 Å². The van der Waals surface area contributed by atoms with Gasteiger partial charge in [-0.25, -0.2) is 0 Å². The second-order valence-electron chi connectivity index (χ2n) is 7.83. The number of pyridine rings is 1. The zero-order chi connectivity index (χ0) is 21.6. The second-order valence-corrected chi connectivity index (χ2v) is 8.24. The maximum atomic E-state index is 12.2. The summed E-state index contributed by atoms with van der Waals surface area (Å²) in [5, 5.41) is 13.9. The van der Waals surface area contributed by atoms with Gasteiger partial charge < -0.3 is 15.2 Å². The van der Waals surface area contributed by atoms with Crippen LogP contribution in [-0.2, 0) is 17.9 Å². The summed E-state index contributed by atoms with van der Waals surface area (Å²) in [7, 11) is 0. The van der Waals surface area contributed by atoms with E-state index in [9.17, 15) is 9.90 Å². The Kier molecular flexibility index (Phi) is 7.02. The van der Waals surface area contributed by atoms with Crippen molar-refractivity contribution in [2.75, 3.05) is 19.7 Å². The molecule has 0 saturated carbocycles. The minimum absolute atomic E-state index is 0.0911. The molecule has 4 rings (SSSR count). The minimum atomic E-state index is -0.199. The van der Waals surface area contributed by atoms with Crippen molar-refractivity contribution in [1.82, 2.24) is 15.2 Å². The average molecular weight is 440 g/mol. The fourth-order valence-corrected chi connectivity index (χ4v) is 3.94. The highest BCUT2D eigenvalue weighted by Crippen LogP contribution is 2.29. The van der Waals surface area contributed by atoms with Crippen LogP contribution < -0.4 is 10.1 Å². The first-order chi connectivity index (χ1) is 15.1. The number of ether oxygens (including phenoxy) is 1. The van der Waals surface area contributed by atoms with Gasteiger partial charge in [0.05, 0.1) is 11.1 Å². The Morgan fingerprint density at radius 3 is 2.65 bits per heavy atom. The van der Waals surface area contributed by atoms with Crippen molar-refractivity contribution in [1.29, 1.82) is 0 Å². The predicted molar refractivity (Wildman–Crippen MR) is 121 cm³/mol.